The van der Waals surface area contributed by atoms with E-state index < -0.39 is 0 Å². The Morgan fingerprint density at radius 3 is 2.21 bits per heavy atom. The molecule has 0 unspecified atom stereocenters. The summed E-state index contributed by atoms with van der Waals surface area (Å²) in [6, 6.07) is 6.17. The van der Waals surface area contributed by atoms with Crippen molar-refractivity contribution in [3.05, 3.63) is 46.7 Å². The highest BCUT2D eigenvalue weighted by atomic mass is 16.4. The Morgan fingerprint density at radius 1 is 1.17 bits per heavy atom. The van der Waals surface area contributed by atoms with Gasteiger partial charge in [0.25, 0.3) is 0 Å². The second kappa shape index (κ2) is 7.20. The number of para-hydroxylation sites is 1. The highest BCUT2D eigenvalue weighted by Gasteiger charge is 2.23. The van der Waals surface area contributed by atoms with Gasteiger partial charge in [-0.25, -0.2) is 4.98 Å². The van der Waals surface area contributed by atoms with Crippen LogP contribution in [-0.2, 0) is 29.5 Å². The maximum atomic E-state index is 12.5. The van der Waals surface area contributed by atoms with Gasteiger partial charge in [-0.3, -0.25) is 4.79 Å². The molecule has 4 nitrogen and oxygen atoms in total. The lowest BCUT2D eigenvalue weighted by Gasteiger charge is -2.14. The summed E-state index contributed by atoms with van der Waals surface area (Å²) in [6.07, 6.45) is 1.98. The lowest BCUT2D eigenvalue weighted by molar-refractivity contribution is -0.115. The number of rotatable bonds is 5. The van der Waals surface area contributed by atoms with Crippen LogP contribution in [0.2, 0.25) is 0 Å². The van der Waals surface area contributed by atoms with Crippen LogP contribution < -0.4 is 5.32 Å². The Hall–Kier alpha value is -2.10. The Kier molecular flexibility index (Phi) is 5.47. The molecule has 0 aliphatic carbocycles. The SMILES string of the molecule is CCc1cccc(CC)c1NC(=O)Cc1oc(C(C)(C)C)nc1C. The van der Waals surface area contributed by atoms with Crippen LogP contribution >= 0.6 is 0 Å². The summed E-state index contributed by atoms with van der Waals surface area (Å²) in [5.74, 6) is 1.25. The van der Waals surface area contributed by atoms with Crippen LogP contribution in [0, 0.1) is 6.92 Å². The third kappa shape index (κ3) is 4.05. The summed E-state index contributed by atoms with van der Waals surface area (Å²) in [6.45, 7) is 12.2. The Labute approximate surface area is 144 Å². The molecule has 0 aliphatic heterocycles. The van der Waals surface area contributed by atoms with Crippen LogP contribution in [0.3, 0.4) is 0 Å². The molecule has 2 rings (SSSR count). The first-order valence-electron chi connectivity index (χ1n) is 8.63. The number of aryl methyl sites for hydroxylation is 3. The third-order valence-corrected chi connectivity index (χ3v) is 4.12. The summed E-state index contributed by atoms with van der Waals surface area (Å²) < 4.78 is 5.83. The molecule has 2 aromatic rings. The van der Waals surface area contributed by atoms with Crippen molar-refractivity contribution in [1.82, 2.24) is 4.98 Å². The first-order valence-corrected chi connectivity index (χ1v) is 8.63. The lowest BCUT2D eigenvalue weighted by atomic mass is 9.97. The van der Waals surface area contributed by atoms with Gasteiger partial charge in [0.2, 0.25) is 5.91 Å². The van der Waals surface area contributed by atoms with Crippen molar-refractivity contribution < 1.29 is 9.21 Å². The van der Waals surface area contributed by atoms with Crippen LogP contribution in [0.25, 0.3) is 0 Å². The maximum Gasteiger partial charge on any atom is 0.232 e. The number of hydrogen-bond donors (Lipinski definition) is 1. The monoisotopic (exact) mass is 328 g/mol. The quantitative estimate of drug-likeness (QED) is 0.873. The standard InChI is InChI=1S/C20H28N2O2/c1-7-14-10-9-11-15(8-2)18(14)22-17(23)12-16-13(3)21-19(24-16)20(4,5)6/h9-11H,7-8,12H2,1-6H3,(H,22,23). The zero-order chi connectivity index (χ0) is 17.9. The molecule has 130 valence electrons. The molecule has 0 aliphatic rings. The summed E-state index contributed by atoms with van der Waals surface area (Å²) >= 11 is 0. The number of oxazole rings is 1. The molecular formula is C20H28N2O2. The lowest BCUT2D eigenvalue weighted by Crippen LogP contribution is -2.17. The summed E-state index contributed by atoms with van der Waals surface area (Å²) in [7, 11) is 0. The predicted molar refractivity (Wildman–Crippen MR) is 97.5 cm³/mol. The van der Waals surface area contributed by atoms with Crippen molar-refractivity contribution >= 4 is 11.6 Å². The van der Waals surface area contributed by atoms with Crippen molar-refractivity contribution in [2.24, 2.45) is 0 Å². The molecule has 4 heteroatoms. The Morgan fingerprint density at radius 2 is 1.75 bits per heavy atom. The molecule has 1 aromatic carbocycles. The van der Waals surface area contributed by atoms with Crippen molar-refractivity contribution in [3.8, 4) is 0 Å². The van der Waals surface area contributed by atoms with Crippen molar-refractivity contribution in [2.45, 2.75) is 66.2 Å². The average Bonchev–Trinajstić information content (AvgIpc) is 2.88. The van der Waals surface area contributed by atoms with Crippen LogP contribution in [-0.4, -0.2) is 10.9 Å². The van der Waals surface area contributed by atoms with E-state index in [1.165, 1.54) is 0 Å². The van der Waals surface area contributed by atoms with Gasteiger partial charge in [-0.05, 0) is 30.9 Å². The number of carbonyl (C=O) groups excluding carboxylic acids is 1. The molecule has 0 saturated heterocycles. The van der Waals surface area contributed by atoms with Gasteiger partial charge < -0.3 is 9.73 Å². The second-order valence-corrected chi connectivity index (χ2v) is 7.16. The van der Waals surface area contributed by atoms with E-state index in [-0.39, 0.29) is 17.7 Å². The van der Waals surface area contributed by atoms with Crippen molar-refractivity contribution in [3.63, 3.8) is 0 Å². The van der Waals surface area contributed by atoms with E-state index in [1.807, 2.05) is 33.8 Å². The topological polar surface area (TPSA) is 55.1 Å². The van der Waals surface area contributed by atoms with Gasteiger partial charge in [-0.15, -0.1) is 0 Å². The van der Waals surface area contributed by atoms with E-state index in [0.29, 0.717) is 11.7 Å². The first kappa shape index (κ1) is 18.2. The minimum absolute atomic E-state index is 0.0645. The molecule has 0 saturated carbocycles. The zero-order valence-corrected chi connectivity index (χ0v) is 15.6. The van der Waals surface area contributed by atoms with Gasteiger partial charge in [-0.2, -0.15) is 0 Å². The minimum atomic E-state index is -0.163. The van der Waals surface area contributed by atoms with Crippen molar-refractivity contribution in [2.75, 3.05) is 5.32 Å². The number of nitrogens with one attached hydrogen (secondary N) is 1. The van der Waals surface area contributed by atoms with Crippen molar-refractivity contribution in [1.29, 1.82) is 0 Å². The largest absolute Gasteiger partial charge is 0.444 e. The number of amides is 1. The predicted octanol–water partition coefficient (Wildman–Crippen LogP) is 4.59. The fraction of sp³-hybridized carbons (Fsp3) is 0.500. The molecule has 1 heterocycles. The smallest absolute Gasteiger partial charge is 0.232 e. The van der Waals surface area contributed by atoms with Gasteiger partial charge in [0.15, 0.2) is 5.89 Å². The number of aromatic nitrogens is 1. The van der Waals surface area contributed by atoms with E-state index in [9.17, 15) is 4.79 Å². The number of benzene rings is 1. The van der Waals surface area contributed by atoms with Crippen LogP contribution in [0.1, 0.15) is 63.1 Å². The van der Waals surface area contributed by atoms with E-state index in [2.05, 4.69) is 36.3 Å². The Bertz CT molecular complexity index is 701. The normalized spacial score (nSPS) is 11.6. The second-order valence-electron chi connectivity index (χ2n) is 7.16. The van der Waals surface area contributed by atoms with E-state index in [4.69, 9.17) is 4.42 Å². The number of hydrogen-bond acceptors (Lipinski definition) is 3. The summed E-state index contributed by atoms with van der Waals surface area (Å²) in [4.78, 5) is 17.0. The molecule has 1 amide bonds. The number of nitrogens with zero attached hydrogens (tertiary/aromatic N) is 1. The molecule has 1 N–H and O–H groups in total. The zero-order valence-electron chi connectivity index (χ0n) is 15.6. The summed E-state index contributed by atoms with van der Waals surface area (Å²) in [5.41, 5.74) is 3.89. The Balaban J connectivity index is 2.19. The molecule has 0 spiro atoms. The van der Waals surface area contributed by atoms with Crippen LogP contribution in [0.4, 0.5) is 5.69 Å². The number of anilines is 1. The minimum Gasteiger partial charge on any atom is -0.444 e. The summed E-state index contributed by atoms with van der Waals surface area (Å²) in [5, 5.41) is 3.08. The van der Waals surface area contributed by atoms with Gasteiger partial charge in [0.1, 0.15) is 5.76 Å². The molecule has 0 atom stereocenters. The molecule has 0 bridgehead atoms. The van der Waals surface area contributed by atoms with E-state index in [0.717, 1.165) is 35.3 Å². The maximum absolute atomic E-state index is 12.5. The molecule has 0 fully saturated rings. The van der Waals surface area contributed by atoms with Gasteiger partial charge in [-0.1, -0.05) is 52.8 Å². The van der Waals surface area contributed by atoms with Crippen LogP contribution in [0.15, 0.2) is 22.6 Å². The average molecular weight is 328 g/mol. The van der Waals surface area contributed by atoms with Gasteiger partial charge in [0.05, 0.1) is 12.1 Å². The van der Waals surface area contributed by atoms with Gasteiger partial charge in [0, 0.05) is 11.1 Å². The molecular weight excluding hydrogens is 300 g/mol. The van der Waals surface area contributed by atoms with Crippen LogP contribution in [0.5, 0.6) is 0 Å². The highest BCUT2D eigenvalue weighted by molar-refractivity contribution is 5.93. The fourth-order valence-corrected chi connectivity index (χ4v) is 2.65. The molecule has 0 radical (unpaired) electrons. The first-order chi connectivity index (χ1) is 11.3. The van der Waals surface area contributed by atoms with Gasteiger partial charge >= 0.3 is 0 Å². The highest BCUT2D eigenvalue weighted by Crippen LogP contribution is 2.25. The number of carbonyl (C=O) groups is 1. The molecule has 1 aromatic heterocycles. The van der Waals surface area contributed by atoms with E-state index in [1.54, 1.807) is 0 Å². The van der Waals surface area contributed by atoms with E-state index >= 15 is 0 Å². The third-order valence-electron chi connectivity index (χ3n) is 4.12. The fourth-order valence-electron chi connectivity index (χ4n) is 2.65. The molecule has 24 heavy (non-hydrogen) atoms.